The Morgan fingerprint density at radius 2 is 2.00 bits per heavy atom. The summed E-state index contributed by atoms with van der Waals surface area (Å²) < 4.78 is 9.99. The van der Waals surface area contributed by atoms with Crippen molar-refractivity contribution in [1.82, 2.24) is 0 Å². The number of aromatic hydroxyl groups is 1. The number of methoxy groups -OCH3 is 2. The summed E-state index contributed by atoms with van der Waals surface area (Å²) >= 11 is 0. The van der Waals surface area contributed by atoms with E-state index in [4.69, 9.17) is 9.47 Å². The van der Waals surface area contributed by atoms with Crippen molar-refractivity contribution in [1.29, 1.82) is 0 Å². The predicted octanol–water partition coefficient (Wildman–Crippen LogP) is 1.86. The minimum Gasteiger partial charge on any atom is -0.504 e. The topological polar surface area (TPSA) is 38.7 Å². The second kappa shape index (κ2) is 4.14. The fraction of sp³-hybridized carbons (Fsp3) is 0.400. The number of hydrogen-bond donors (Lipinski definition) is 1. The molecule has 0 aliphatic heterocycles. The summed E-state index contributed by atoms with van der Waals surface area (Å²) in [5, 5.41) is 9.52. The molecule has 0 saturated heterocycles. The van der Waals surface area contributed by atoms with Gasteiger partial charge < -0.3 is 14.6 Å². The van der Waals surface area contributed by atoms with Gasteiger partial charge in [-0.1, -0.05) is 0 Å². The molecular weight excluding hydrogens is 168 g/mol. The lowest BCUT2D eigenvalue weighted by Gasteiger charge is -2.08. The number of benzene rings is 1. The molecule has 1 aromatic carbocycles. The van der Waals surface area contributed by atoms with E-state index >= 15 is 0 Å². The normalized spacial score (nSPS) is 10.1. The molecule has 0 aromatic heterocycles. The molecule has 1 aromatic rings. The average molecular weight is 182 g/mol. The molecular formula is C10H14O3. The van der Waals surface area contributed by atoms with E-state index in [1.54, 1.807) is 13.2 Å². The summed E-state index contributed by atoms with van der Waals surface area (Å²) in [5.74, 6) is 0.689. The highest BCUT2D eigenvalue weighted by molar-refractivity contribution is 5.47. The van der Waals surface area contributed by atoms with Crippen LogP contribution in [-0.2, 0) is 11.3 Å². The Hall–Kier alpha value is -1.22. The minimum atomic E-state index is 0.197. The minimum absolute atomic E-state index is 0.197. The molecule has 1 N–H and O–H groups in total. The van der Waals surface area contributed by atoms with E-state index < -0.39 is 0 Å². The van der Waals surface area contributed by atoms with E-state index in [0.29, 0.717) is 12.4 Å². The summed E-state index contributed by atoms with van der Waals surface area (Å²) in [6.45, 7) is 2.36. The van der Waals surface area contributed by atoms with Gasteiger partial charge in [0.05, 0.1) is 13.7 Å². The first-order chi connectivity index (χ1) is 6.19. The molecule has 0 aliphatic rings. The highest BCUT2D eigenvalue weighted by Gasteiger charge is 2.06. The molecule has 72 valence electrons. The van der Waals surface area contributed by atoms with Crippen LogP contribution in [0.25, 0.3) is 0 Å². The van der Waals surface area contributed by atoms with Crippen LogP contribution in [-0.4, -0.2) is 19.3 Å². The van der Waals surface area contributed by atoms with Crippen molar-refractivity contribution in [3.8, 4) is 11.5 Å². The fourth-order valence-electron chi connectivity index (χ4n) is 1.22. The van der Waals surface area contributed by atoms with Crippen LogP contribution in [0.5, 0.6) is 11.5 Å². The highest BCUT2D eigenvalue weighted by Crippen LogP contribution is 2.30. The molecule has 13 heavy (non-hydrogen) atoms. The maximum absolute atomic E-state index is 9.52. The Bertz CT molecular complexity index is 294. The maximum Gasteiger partial charge on any atom is 0.161 e. The fourth-order valence-corrected chi connectivity index (χ4v) is 1.22. The Morgan fingerprint density at radius 1 is 1.31 bits per heavy atom. The van der Waals surface area contributed by atoms with Gasteiger partial charge in [-0.05, 0) is 30.2 Å². The standard InChI is InChI=1S/C10H14O3/c1-7-4-8(6-12-2)5-9(13-3)10(7)11/h4-5,11H,6H2,1-3H3. The van der Waals surface area contributed by atoms with E-state index in [9.17, 15) is 5.11 Å². The van der Waals surface area contributed by atoms with Gasteiger partial charge in [-0.3, -0.25) is 0 Å². The monoisotopic (exact) mass is 182 g/mol. The largest absolute Gasteiger partial charge is 0.504 e. The quantitative estimate of drug-likeness (QED) is 0.775. The zero-order valence-electron chi connectivity index (χ0n) is 8.13. The van der Waals surface area contributed by atoms with Gasteiger partial charge in [0.15, 0.2) is 11.5 Å². The van der Waals surface area contributed by atoms with Crippen LogP contribution in [0, 0.1) is 6.92 Å². The summed E-state index contributed by atoms with van der Waals surface area (Å²) in [6.07, 6.45) is 0. The van der Waals surface area contributed by atoms with Crippen molar-refractivity contribution < 1.29 is 14.6 Å². The number of phenols is 1. The number of rotatable bonds is 3. The number of hydrogen-bond acceptors (Lipinski definition) is 3. The SMILES string of the molecule is COCc1cc(C)c(O)c(OC)c1. The van der Waals surface area contributed by atoms with Crippen LogP contribution >= 0.6 is 0 Å². The number of aryl methyl sites for hydroxylation is 1. The molecule has 3 heteroatoms. The third-order valence-electron chi connectivity index (χ3n) is 1.86. The van der Waals surface area contributed by atoms with Gasteiger partial charge in [-0.2, -0.15) is 0 Å². The first-order valence-corrected chi connectivity index (χ1v) is 4.04. The van der Waals surface area contributed by atoms with E-state index in [2.05, 4.69) is 0 Å². The van der Waals surface area contributed by atoms with Crippen molar-refractivity contribution >= 4 is 0 Å². The van der Waals surface area contributed by atoms with Gasteiger partial charge in [-0.15, -0.1) is 0 Å². The average Bonchev–Trinajstić information content (AvgIpc) is 2.11. The summed E-state index contributed by atoms with van der Waals surface area (Å²) in [5.41, 5.74) is 1.79. The van der Waals surface area contributed by atoms with Gasteiger partial charge in [-0.25, -0.2) is 0 Å². The van der Waals surface area contributed by atoms with Crippen LogP contribution in [0.3, 0.4) is 0 Å². The third-order valence-corrected chi connectivity index (χ3v) is 1.86. The molecule has 0 amide bonds. The van der Waals surface area contributed by atoms with Crippen molar-refractivity contribution in [2.24, 2.45) is 0 Å². The molecule has 0 bridgehead atoms. The lowest BCUT2D eigenvalue weighted by Crippen LogP contribution is -1.92. The molecule has 0 saturated carbocycles. The molecule has 1 rings (SSSR count). The number of phenolic OH excluding ortho intramolecular Hbond substituents is 1. The van der Waals surface area contributed by atoms with Crippen LogP contribution in [0.1, 0.15) is 11.1 Å². The van der Waals surface area contributed by atoms with Gasteiger partial charge in [0, 0.05) is 7.11 Å². The molecule has 0 fully saturated rings. The second-order valence-corrected chi connectivity index (χ2v) is 2.90. The maximum atomic E-state index is 9.52. The van der Waals surface area contributed by atoms with E-state index in [-0.39, 0.29) is 5.75 Å². The molecule has 0 atom stereocenters. The first-order valence-electron chi connectivity index (χ1n) is 4.04. The van der Waals surface area contributed by atoms with Crippen LogP contribution in [0.15, 0.2) is 12.1 Å². The third kappa shape index (κ3) is 2.12. The molecule has 0 heterocycles. The van der Waals surface area contributed by atoms with E-state index in [1.807, 2.05) is 13.0 Å². The molecule has 0 spiro atoms. The first kappa shape index (κ1) is 9.86. The zero-order valence-corrected chi connectivity index (χ0v) is 8.13. The Morgan fingerprint density at radius 3 is 2.54 bits per heavy atom. The summed E-state index contributed by atoms with van der Waals surface area (Å²) in [4.78, 5) is 0. The van der Waals surface area contributed by atoms with Crippen LogP contribution in [0.4, 0.5) is 0 Å². The van der Waals surface area contributed by atoms with Crippen molar-refractivity contribution in [2.75, 3.05) is 14.2 Å². The molecule has 0 unspecified atom stereocenters. The molecule has 0 radical (unpaired) electrons. The van der Waals surface area contributed by atoms with Crippen molar-refractivity contribution in [3.63, 3.8) is 0 Å². The predicted molar refractivity (Wildman–Crippen MR) is 50.1 cm³/mol. The number of ether oxygens (including phenoxy) is 2. The van der Waals surface area contributed by atoms with Gasteiger partial charge >= 0.3 is 0 Å². The van der Waals surface area contributed by atoms with Gasteiger partial charge in [0.25, 0.3) is 0 Å². The molecule has 0 aliphatic carbocycles. The van der Waals surface area contributed by atoms with Crippen molar-refractivity contribution in [2.45, 2.75) is 13.5 Å². The van der Waals surface area contributed by atoms with E-state index in [0.717, 1.165) is 11.1 Å². The van der Waals surface area contributed by atoms with Crippen LogP contribution in [0.2, 0.25) is 0 Å². The van der Waals surface area contributed by atoms with Gasteiger partial charge in [0.1, 0.15) is 0 Å². The Labute approximate surface area is 77.9 Å². The highest BCUT2D eigenvalue weighted by atomic mass is 16.5. The Kier molecular flexibility index (Phi) is 3.14. The zero-order chi connectivity index (χ0) is 9.84. The van der Waals surface area contributed by atoms with E-state index in [1.165, 1.54) is 7.11 Å². The molecule has 3 nitrogen and oxygen atoms in total. The lowest BCUT2D eigenvalue weighted by molar-refractivity contribution is 0.184. The lowest BCUT2D eigenvalue weighted by atomic mass is 10.1. The van der Waals surface area contributed by atoms with Gasteiger partial charge in [0.2, 0.25) is 0 Å². The summed E-state index contributed by atoms with van der Waals surface area (Å²) in [7, 11) is 3.17. The van der Waals surface area contributed by atoms with Crippen molar-refractivity contribution in [3.05, 3.63) is 23.3 Å². The smallest absolute Gasteiger partial charge is 0.161 e. The second-order valence-electron chi connectivity index (χ2n) is 2.90. The van der Waals surface area contributed by atoms with Crippen LogP contribution < -0.4 is 4.74 Å². The Balaban J connectivity index is 3.06. The summed E-state index contributed by atoms with van der Waals surface area (Å²) in [6, 6.07) is 3.65.